The van der Waals surface area contributed by atoms with E-state index >= 15 is 0 Å². The summed E-state index contributed by atoms with van der Waals surface area (Å²) in [5.74, 6) is -0.165. The number of aromatic amines is 1. The Morgan fingerprint density at radius 2 is 2.31 bits per heavy atom. The minimum atomic E-state index is -0.165. The van der Waals surface area contributed by atoms with E-state index in [9.17, 15) is 4.79 Å². The first-order valence-electron chi connectivity index (χ1n) is 5.41. The molecule has 1 amide bonds. The third-order valence-electron chi connectivity index (χ3n) is 2.14. The highest BCUT2D eigenvalue weighted by Crippen LogP contribution is 2.19. The van der Waals surface area contributed by atoms with E-state index in [0.717, 1.165) is 6.42 Å². The summed E-state index contributed by atoms with van der Waals surface area (Å²) in [6, 6.07) is 1.61. The first-order chi connectivity index (χ1) is 7.38. The summed E-state index contributed by atoms with van der Waals surface area (Å²) in [6.45, 7) is 6.87. The fourth-order valence-electron chi connectivity index (χ4n) is 1.56. The van der Waals surface area contributed by atoms with Crippen molar-refractivity contribution in [2.75, 3.05) is 6.54 Å². The highest BCUT2D eigenvalue weighted by Gasteiger charge is 2.16. The van der Waals surface area contributed by atoms with Crippen molar-refractivity contribution in [3.63, 3.8) is 0 Å². The minimum absolute atomic E-state index is 0.0214. The summed E-state index contributed by atoms with van der Waals surface area (Å²) >= 11 is 0. The molecule has 0 aliphatic heterocycles. The molecule has 0 aliphatic rings. The fourth-order valence-corrected chi connectivity index (χ4v) is 1.56. The number of hydrogen-bond acceptors (Lipinski definition) is 3. The van der Waals surface area contributed by atoms with Crippen molar-refractivity contribution in [3.05, 3.63) is 18.0 Å². The Balaban J connectivity index is 2.32. The zero-order chi connectivity index (χ0) is 12.2. The van der Waals surface area contributed by atoms with E-state index in [1.165, 1.54) is 0 Å². The summed E-state index contributed by atoms with van der Waals surface area (Å²) in [5.41, 5.74) is 6.56. The van der Waals surface area contributed by atoms with E-state index in [2.05, 4.69) is 36.3 Å². The second-order valence-electron chi connectivity index (χ2n) is 5.21. The third-order valence-corrected chi connectivity index (χ3v) is 2.14. The molecule has 1 atom stereocenters. The molecular weight excluding hydrogens is 204 g/mol. The van der Waals surface area contributed by atoms with Gasteiger partial charge < -0.3 is 11.1 Å². The topological polar surface area (TPSA) is 83.8 Å². The highest BCUT2D eigenvalue weighted by atomic mass is 16.1. The second kappa shape index (κ2) is 5.12. The number of nitrogens with two attached hydrogens (primary N) is 1. The number of rotatable bonds is 4. The van der Waals surface area contributed by atoms with Crippen LogP contribution in [-0.4, -0.2) is 28.7 Å². The zero-order valence-corrected chi connectivity index (χ0v) is 10.1. The Morgan fingerprint density at radius 3 is 2.81 bits per heavy atom. The largest absolute Gasteiger partial charge is 0.349 e. The van der Waals surface area contributed by atoms with Gasteiger partial charge in [0.05, 0.1) is 0 Å². The molecule has 5 nitrogen and oxygen atoms in total. The standard InChI is InChI=1S/C11H20N4O/c1-11(2,3)6-8(12)7-13-10(16)9-4-5-14-15-9/h4-5,8H,6-7,12H2,1-3H3,(H,13,16)(H,14,15). The monoisotopic (exact) mass is 224 g/mol. The normalized spacial score (nSPS) is 13.5. The molecule has 0 radical (unpaired) electrons. The molecule has 0 aliphatic carbocycles. The van der Waals surface area contributed by atoms with Crippen molar-refractivity contribution < 1.29 is 4.79 Å². The van der Waals surface area contributed by atoms with Gasteiger partial charge in [0.2, 0.25) is 0 Å². The maximum absolute atomic E-state index is 11.5. The van der Waals surface area contributed by atoms with E-state index in [1.54, 1.807) is 12.3 Å². The van der Waals surface area contributed by atoms with Gasteiger partial charge in [-0.15, -0.1) is 0 Å². The lowest BCUT2D eigenvalue weighted by atomic mass is 9.88. The predicted octanol–water partition coefficient (Wildman–Crippen LogP) is 0.903. The molecule has 5 heteroatoms. The smallest absolute Gasteiger partial charge is 0.269 e. The highest BCUT2D eigenvalue weighted by molar-refractivity contribution is 5.92. The van der Waals surface area contributed by atoms with Gasteiger partial charge in [0.25, 0.3) is 5.91 Å². The number of nitrogens with zero attached hydrogens (tertiary/aromatic N) is 1. The number of carbonyl (C=O) groups excluding carboxylic acids is 1. The van der Waals surface area contributed by atoms with Gasteiger partial charge in [-0.2, -0.15) is 5.10 Å². The van der Waals surface area contributed by atoms with E-state index < -0.39 is 0 Å². The molecule has 0 fully saturated rings. The third kappa shape index (κ3) is 4.44. The van der Waals surface area contributed by atoms with Gasteiger partial charge in [-0.05, 0) is 17.9 Å². The lowest BCUT2D eigenvalue weighted by Crippen LogP contribution is -2.39. The van der Waals surface area contributed by atoms with E-state index in [4.69, 9.17) is 5.73 Å². The lowest BCUT2D eigenvalue weighted by Gasteiger charge is -2.23. The van der Waals surface area contributed by atoms with Crippen LogP contribution in [0.15, 0.2) is 12.3 Å². The lowest BCUT2D eigenvalue weighted by molar-refractivity contribution is 0.0943. The quantitative estimate of drug-likeness (QED) is 0.710. The maximum Gasteiger partial charge on any atom is 0.269 e. The molecule has 1 unspecified atom stereocenters. The molecule has 0 saturated carbocycles. The van der Waals surface area contributed by atoms with Gasteiger partial charge in [-0.25, -0.2) is 0 Å². The van der Waals surface area contributed by atoms with Crippen LogP contribution in [0.5, 0.6) is 0 Å². The molecule has 0 bridgehead atoms. The SMILES string of the molecule is CC(C)(C)CC(N)CNC(=O)c1ccn[nH]1. The zero-order valence-electron chi connectivity index (χ0n) is 10.1. The Bertz CT molecular complexity index is 326. The van der Waals surface area contributed by atoms with Crippen molar-refractivity contribution >= 4 is 5.91 Å². The van der Waals surface area contributed by atoms with Crippen LogP contribution in [0.3, 0.4) is 0 Å². The number of aromatic nitrogens is 2. The predicted molar refractivity (Wildman–Crippen MR) is 63.0 cm³/mol. The van der Waals surface area contributed by atoms with Gasteiger partial charge >= 0.3 is 0 Å². The number of amides is 1. The van der Waals surface area contributed by atoms with Gasteiger partial charge in [0.15, 0.2) is 0 Å². The molecule has 1 aromatic rings. The molecule has 1 aromatic heterocycles. The first-order valence-corrected chi connectivity index (χ1v) is 5.41. The molecule has 0 aromatic carbocycles. The Morgan fingerprint density at radius 1 is 1.62 bits per heavy atom. The average molecular weight is 224 g/mol. The Kier molecular flexibility index (Phi) is 4.06. The van der Waals surface area contributed by atoms with Crippen LogP contribution in [-0.2, 0) is 0 Å². The van der Waals surface area contributed by atoms with E-state index in [-0.39, 0.29) is 17.4 Å². The molecule has 1 rings (SSSR count). The van der Waals surface area contributed by atoms with Gasteiger partial charge in [-0.1, -0.05) is 20.8 Å². The first kappa shape index (κ1) is 12.7. The summed E-state index contributed by atoms with van der Waals surface area (Å²) in [5, 5.41) is 9.09. The average Bonchev–Trinajstić information content (AvgIpc) is 2.64. The summed E-state index contributed by atoms with van der Waals surface area (Å²) < 4.78 is 0. The molecule has 1 heterocycles. The summed E-state index contributed by atoms with van der Waals surface area (Å²) in [4.78, 5) is 11.5. The summed E-state index contributed by atoms with van der Waals surface area (Å²) in [6.07, 6.45) is 2.42. The number of H-pyrrole nitrogens is 1. The molecule has 0 spiro atoms. The molecule has 16 heavy (non-hydrogen) atoms. The van der Waals surface area contributed by atoms with Crippen LogP contribution in [0.2, 0.25) is 0 Å². The Labute approximate surface area is 95.8 Å². The molecule has 90 valence electrons. The van der Waals surface area contributed by atoms with Gasteiger partial charge in [-0.3, -0.25) is 9.89 Å². The number of nitrogens with one attached hydrogen (secondary N) is 2. The van der Waals surface area contributed by atoms with E-state index in [0.29, 0.717) is 12.2 Å². The van der Waals surface area contributed by atoms with Gasteiger partial charge in [0, 0.05) is 18.8 Å². The van der Waals surface area contributed by atoms with E-state index in [1.807, 2.05) is 0 Å². The van der Waals surface area contributed by atoms with Crippen molar-refractivity contribution in [3.8, 4) is 0 Å². The van der Waals surface area contributed by atoms with Crippen LogP contribution in [0, 0.1) is 5.41 Å². The van der Waals surface area contributed by atoms with Crippen LogP contribution in [0.1, 0.15) is 37.7 Å². The van der Waals surface area contributed by atoms with Crippen LogP contribution in [0.4, 0.5) is 0 Å². The van der Waals surface area contributed by atoms with Crippen molar-refractivity contribution in [1.29, 1.82) is 0 Å². The van der Waals surface area contributed by atoms with Crippen LogP contribution < -0.4 is 11.1 Å². The van der Waals surface area contributed by atoms with Gasteiger partial charge in [0.1, 0.15) is 5.69 Å². The van der Waals surface area contributed by atoms with Crippen molar-refractivity contribution in [2.24, 2.45) is 11.1 Å². The van der Waals surface area contributed by atoms with Crippen LogP contribution in [0.25, 0.3) is 0 Å². The summed E-state index contributed by atoms with van der Waals surface area (Å²) in [7, 11) is 0. The van der Waals surface area contributed by atoms with Crippen molar-refractivity contribution in [1.82, 2.24) is 15.5 Å². The Hall–Kier alpha value is -1.36. The maximum atomic E-state index is 11.5. The molecule has 4 N–H and O–H groups in total. The fraction of sp³-hybridized carbons (Fsp3) is 0.636. The van der Waals surface area contributed by atoms with Crippen LogP contribution >= 0.6 is 0 Å². The second-order valence-corrected chi connectivity index (χ2v) is 5.21. The minimum Gasteiger partial charge on any atom is -0.349 e. The molecule has 0 saturated heterocycles. The number of hydrogen-bond donors (Lipinski definition) is 3. The van der Waals surface area contributed by atoms with Crippen molar-refractivity contribution in [2.45, 2.75) is 33.2 Å². The molecular formula is C11H20N4O. The number of carbonyl (C=O) groups is 1.